The predicted molar refractivity (Wildman–Crippen MR) is 82.1 cm³/mol. The van der Waals surface area contributed by atoms with Crippen molar-refractivity contribution >= 4 is 35.9 Å². The first kappa shape index (κ1) is 14.8. The van der Waals surface area contributed by atoms with Crippen molar-refractivity contribution in [2.75, 3.05) is 19.1 Å². The number of aromatic nitrogens is 4. The van der Waals surface area contributed by atoms with Gasteiger partial charge >= 0.3 is 0 Å². The molecule has 2 aromatic heterocycles. The average Bonchev–Trinajstić information content (AvgIpc) is 2.97. The van der Waals surface area contributed by atoms with E-state index in [9.17, 15) is 4.57 Å². The van der Waals surface area contributed by atoms with Crippen molar-refractivity contribution < 1.29 is 9.30 Å². The molecule has 0 spiro atoms. The first-order valence-electron chi connectivity index (χ1n) is 6.68. The summed E-state index contributed by atoms with van der Waals surface area (Å²) in [5.74, 6) is -0.0355. The fourth-order valence-corrected chi connectivity index (χ4v) is 4.01. The fourth-order valence-electron chi connectivity index (χ4n) is 2.56. The lowest BCUT2D eigenvalue weighted by atomic mass is 10.2. The maximum atomic E-state index is 12.1. The van der Waals surface area contributed by atoms with Gasteiger partial charge in [0.15, 0.2) is 10.8 Å². The first-order chi connectivity index (χ1) is 9.84. The Morgan fingerprint density at radius 1 is 1.48 bits per heavy atom. The van der Waals surface area contributed by atoms with Crippen molar-refractivity contribution in [2.45, 2.75) is 31.3 Å². The Morgan fingerprint density at radius 3 is 2.90 bits per heavy atom. The second-order valence-electron chi connectivity index (χ2n) is 5.67. The van der Waals surface area contributed by atoms with Gasteiger partial charge in [-0.05, 0) is 26.2 Å². The molecule has 3 rings (SSSR count). The molecule has 9 heteroatoms. The Hall–Kier alpha value is -1.17. The third-order valence-corrected chi connectivity index (χ3v) is 5.65. The van der Waals surface area contributed by atoms with E-state index in [1.165, 1.54) is 0 Å². The number of hydrogen-bond acceptors (Lipinski definition) is 6. The van der Waals surface area contributed by atoms with Gasteiger partial charge in [0.2, 0.25) is 5.95 Å². The number of nitrogen functional groups attached to an aromatic ring is 1. The topological polar surface area (TPSA) is 95.9 Å². The van der Waals surface area contributed by atoms with Crippen molar-refractivity contribution in [3.05, 3.63) is 11.5 Å². The summed E-state index contributed by atoms with van der Waals surface area (Å²) in [5, 5.41) is 0.244. The highest BCUT2D eigenvalue weighted by atomic mass is 35.5. The Bertz CT molecular complexity index is 728. The zero-order chi connectivity index (χ0) is 15.2. The second kappa shape index (κ2) is 5.23. The van der Waals surface area contributed by atoms with Crippen LogP contribution in [-0.2, 0) is 15.8 Å². The molecule has 114 valence electrons. The van der Waals surface area contributed by atoms with Gasteiger partial charge in [-0.3, -0.25) is 0 Å². The van der Waals surface area contributed by atoms with E-state index < -0.39 is 7.14 Å². The largest absolute Gasteiger partial charge is 0.368 e. The highest BCUT2D eigenvalue weighted by molar-refractivity contribution is 7.62. The molecule has 0 saturated carbocycles. The first-order valence-corrected chi connectivity index (χ1v) is 9.73. The van der Waals surface area contributed by atoms with Crippen LogP contribution >= 0.6 is 18.7 Å². The Labute approximate surface area is 127 Å². The van der Waals surface area contributed by atoms with Crippen LogP contribution in [0.4, 0.5) is 5.95 Å². The van der Waals surface area contributed by atoms with Crippen LogP contribution in [0.2, 0.25) is 5.15 Å². The lowest BCUT2D eigenvalue weighted by molar-refractivity contribution is 0.0749. The number of nitrogens with zero attached hydrogens (tertiary/aromatic N) is 4. The summed E-state index contributed by atoms with van der Waals surface area (Å²) >= 11 is 6.00. The number of anilines is 1. The molecular weight excluding hydrogens is 313 g/mol. The zero-order valence-electron chi connectivity index (χ0n) is 11.9. The molecule has 2 atom stereocenters. The summed E-state index contributed by atoms with van der Waals surface area (Å²) in [6, 6.07) is 0. The number of imidazole rings is 1. The summed E-state index contributed by atoms with van der Waals surface area (Å²) in [6.45, 7) is 4.11. The van der Waals surface area contributed by atoms with Crippen molar-refractivity contribution in [2.24, 2.45) is 0 Å². The zero-order valence-corrected chi connectivity index (χ0v) is 13.5. The highest BCUT2D eigenvalue weighted by Crippen LogP contribution is 2.49. The lowest BCUT2D eigenvalue weighted by Crippen LogP contribution is -2.17. The molecule has 2 N–H and O–H groups in total. The molecule has 0 bridgehead atoms. The summed E-state index contributed by atoms with van der Waals surface area (Å²) in [7, 11) is -2.22. The Balaban J connectivity index is 1.82. The van der Waals surface area contributed by atoms with E-state index in [1.54, 1.807) is 19.7 Å². The molecule has 1 aliphatic heterocycles. The molecule has 1 saturated heterocycles. The third-order valence-electron chi connectivity index (χ3n) is 3.62. The average molecular weight is 330 g/mol. The molecule has 0 unspecified atom stereocenters. The number of rotatable bonds is 3. The number of halogens is 1. The summed E-state index contributed by atoms with van der Waals surface area (Å²) in [4.78, 5) is 12.3. The summed E-state index contributed by atoms with van der Waals surface area (Å²) in [5.41, 5.74) is 6.74. The van der Waals surface area contributed by atoms with Crippen molar-refractivity contribution in [3.8, 4) is 0 Å². The van der Waals surface area contributed by atoms with Crippen LogP contribution < -0.4 is 5.73 Å². The van der Waals surface area contributed by atoms with E-state index in [2.05, 4.69) is 15.0 Å². The standard InChI is InChI=1S/C12H17ClN5O2P/c1-21(2,19)8-4-3-7(20-8)5-18-6-15-9-10(13)16-12(14)17-11(9)18/h6-8H,3-5H2,1-2H3,(H2,14,16,17)/t7-,8+/m1/s1. The highest BCUT2D eigenvalue weighted by Gasteiger charge is 2.33. The molecule has 1 fully saturated rings. The lowest BCUT2D eigenvalue weighted by Gasteiger charge is -2.17. The van der Waals surface area contributed by atoms with Gasteiger partial charge in [-0.25, -0.2) is 4.98 Å². The van der Waals surface area contributed by atoms with Crippen LogP contribution in [0.5, 0.6) is 0 Å². The molecule has 0 aliphatic carbocycles. The van der Waals surface area contributed by atoms with Crippen LogP contribution in [0, 0.1) is 0 Å². The summed E-state index contributed by atoms with van der Waals surface area (Å²) < 4.78 is 19.8. The van der Waals surface area contributed by atoms with E-state index in [-0.39, 0.29) is 23.1 Å². The van der Waals surface area contributed by atoms with Gasteiger partial charge in [-0.1, -0.05) is 11.6 Å². The smallest absolute Gasteiger partial charge is 0.223 e. The van der Waals surface area contributed by atoms with Gasteiger partial charge in [-0.15, -0.1) is 0 Å². The molecule has 2 aromatic rings. The fraction of sp³-hybridized carbons (Fsp3) is 0.583. The number of hydrogen-bond donors (Lipinski definition) is 1. The van der Waals surface area contributed by atoms with E-state index >= 15 is 0 Å². The van der Waals surface area contributed by atoms with Gasteiger partial charge in [0, 0.05) is 0 Å². The molecule has 7 nitrogen and oxygen atoms in total. The van der Waals surface area contributed by atoms with Gasteiger partial charge in [-0.2, -0.15) is 9.97 Å². The molecule has 1 aliphatic rings. The molecule has 0 aromatic carbocycles. The maximum absolute atomic E-state index is 12.1. The normalized spacial score (nSPS) is 23.0. The van der Waals surface area contributed by atoms with E-state index in [0.29, 0.717) is 17.7 Å². The van der Waals surface area contributed by atoms with Crippen LogP contribution in [0.1, 0.15) is 12.8 Å². The quantitative estimate of drug-likeness (QED) is 0.685. The number of fused-ring (bicyclic) bond motifs is 1. The van der Waals surface area contributed by atoms with Crippen LogP contribution in [0.25, 0.3) is 11.2 Å². The number of nitrogens with two attached hydrogens (primary N) is 1. The number of ether oxygens (including phenoxy) is 1. The molecule has 0 amide bonds. The van der Waals surface area contributed by atoms with Gasteiger partial charge in [0.25, 0.3) is 0 Å². The molecule has 21 heavy (non-hydrogen) atoms. The Morgan fingerprint density at radius 2 is 2.24 bits per heavy atom. The minimum absolute atomic E-state index is 0.00408. The van der Waals surface area contributed by atoms with Crippen LogP contribution in [0.3, 0.4) is 0 Å². The van der Waals surface area contributed by atoms with Gasteiger partial charge in [0.1, 0.15) is 18.5 Å². The predicted octanol–water partition coefficient (Wildman–Crippen LogP) is 2.19. The monoisotopic (exact) mass is 329 g/mol. The van der Waals surface area contributed by atoms with Crippen molar-refractivity contribution in [1.29, 1.82) is 0 Å². The molecule has 3 heterocycles. The third kappa shape index (κ3) is 2.91. The Kier molecular flexibility index (Phi) is 3.67. The maximum Gasteiger partial charge on any atom is 0.223 e. The minimum Gasteiger partial charge on any atom is -0.368 e. The van der Waals surface area contributed by atoms with Crippen LogP contribution in [-0.4, -0.2) is 44.8 Å². The summed E-state index contributed by atoms with van der Waals surface area (Å²) in [6.07, 6.45) is 3.33. The molecule has 0 radical (unpaired) electrons. The van der Waals surface area contributed by atoms with Crippen LogP contribution in [0.15, 0.2) is 6.33 Å². The van der Waals surface area contributed by atoms with Gasteiger partial charge < -0.3 is 19.6 Å². The van der Waals surface area contributed by atoms with E-state index in [1.807, 2.05) is 4.57 Å². The minimum atomic E-state index is -2.22. The second-order valence-corrected chi connectivity index (χ2v) is 9.47. The van der Waals surface area contributed by atoms with Crippen molar-refractivity contribution in [1.82, 2.24) is 19.5 Å². The van der Waals surface area contributed by atoms with E-state index in [0.717, 1.165) is 12.8 Å². The van der Waals surface area contributed by atoms with Gasteiger partial charge in [0.05, 0.1) is 19.0 Å². The SMILES string of the molecule is CP(C)(=O)[C@H]1CC[C@H](Cn2cnc3c(Cl)nc(N)nc32)O1. The molecular formula is C12H17ClN5O2P. The van der Waals surface area contributed by atoms with E-state index in [4.69, 9.17) is 22.1 Å². The van der Waals surface area contributed by atoms with Crippen molar-refractivity contribution in [3.63, 3.8) is 0 Å².